The minimum Gasteiger partial charge on any atom is -0.368 e. The fourth-order valence-electron chi connectivity index (χ4n) is 2.42. The van der Waals surface area contributed by atoms with Gasteiger partial charge in [0.05, 0.1) is 11.9 Å². The van der Waals surface area contributed by atoms with Crippen LogP contribution in [0.15, 0.2) is 18.5 Å². The van der Waals surface area contributed by atoms with Crippen molar-refractivity contribution in [2.75, 3.05) is 37.6 Å². The van der Waals surface area contributed by atoms with E-state index in [1.165, 1.54) is 30.9 Å². The molecule has 0 N–H and O–H groups in total. The lowest BCUT2D eigenvalue weighted by atomic mass is 10.2. The molecule has 1 aromatic rings. The van der Waals surface area contributed by atoms with Crippen molar-refractivity contribution in [1.29, 1.82) is 0 Å². The maximum atomic E-state index is 4.27. The molecule has 0 unspecified atom stereocenters. The smallest absolute Gasteiger partial charge is 0.0556 e. The molecule has 0 aromatic carbocycles. The number of piperazine rings is 1. The Labute approximate surface area is 118 Å². The summed E-state index contributed by atoms with van der Waals surface area (Å²) in [5.74, 6) is 0.766. The maximum absolute atomic E-state index is 4.27. The Bertz CT molecular complexity index is 355. The van der Waals surface area contributed by atoms with E-state index in [0.29, 0.717) is 0 Å². The van der Waals surface area contributed by atoms with E-state index in [0.717, 1.165) is 19.0 Å². The third-order valence-electron chi connectivity index (χ3n) is 3.22. The molecule has 1 aliphatic heterocycles. The van der Waals surface area contributed by atoms with Crippen LogP contribution in [0.2, 0.25) is 0 Å². The van der Waals surface area contributed by atoms with Crippen LogP contribution >= 0.6 is 0 Å². The fraction of sp³-hybridized carbons (Fsp3) is 0.688. The summed E-state index contributed by atoms with van der Waals surface area (Å²) in [5, 5.41) is 0. The van der Waals surface area contributed by atoms with Gasteiger partial charge in [0.25, 0.3) is 0 Å². The summed E-state index contributed by atoms with van der Waals surface area (Å²) in [4.78, 5) is 9.27. The molecule has 1 fully saturated rings. The lowest BCUT2D eigenvalue weighted by Crippen LogP contribution is -2.47. The first-order valence-electron chi connectivity index (χ1n) is 7.54. The van der Waals surface area contributed by atoms with E-state index < -0.39 is 0 Å². The summed E-state index contributed by atoms with van der Waals surface area (Å²) in [7, 11) is 0. The number of aromatic nitrogens is 1. The number of anilines is 1. The summed E-state index contributed by atoms with van der Waals surface area (Å²) < 4.78 is 0. The molecule has 0 aliphatic carbocycles. The Morgan fingerprint density at radius 1 is 1.11 bits per heavy atom. The predicted octanol–water partition coefficient (Wildman–Crippen LogP) is 3.19. The number of nitrogens with zero attached hydrogens (tertiary/aromatic N) is 3. The van der Waals surface area contributed by atoms with Crippen LogP contribution in [0.1, 0.15) is 33.3 Å². The van der Waals surface area contributed by atoms with Crippen molar-refractivity contribution in [2.45, 2.75) is 34.6 Å². The number of hydrogen-bond donors (Lipinski definition) is 0. The molecule has 0 atom stereocenters. The summed E-state index contributed by atoms with van der Waals surface area (Å²) in [6.07, 6.45) is 3.89. The lowest BCUT2D eigenvalue weighted by Gasteiger charge is -2.36. The Kier molecular flexibility index (Phi) is 6.85. The molecule has 1 saturated heterocycles. The van der Waals surface area contributed by atoms with Crippen LogP contribution in [-0.4, -0.2) is 42.6 Å². The van der Waals surface area contributed by atoms with Gasteiger partial charge < -0.3 is 4.90 Å². The van der Waals surface area contributed by atoms with Gasteiger partial charge in [-0.2, -0.15) is 0 Å². The number of aryl methyl sites for hydroxylation is 1. The van der Waals surface area contributed by atoms with Crippen LogP contribution in [0.4, 0.5) is 5.69 Å². The summed E-state index contributed by atoms with van der Waals surface area (Å²) in [5.41, 5.74) is 2.52. The van der Waals surface area contributed by atoms with E-state index in [1.807, 2.05) is 26.2 Å². The van der Waals surface area contributed by atoms with E-state index >= 15 is 0 Å². The normalized spacial score (nSPS) is 16.2. The first-order valence-corrected chi connectivity index (χ1v) is 7.54. The third-order valence-corrected chi connectivity index (χ3v) is 3.22. The molecule has 1 aliphatic rings. The average Bonchev–Trinajstić information content (AvgIpc) is 2.41. The fourth-order valence-corrected chi connectivity index (χ4v) is 2.42. The Balaban J connectivity index is 0.000000861. The topological polar surface area (TPSA) is 19.4 Å². The Morgan fingerprint density at radius 3 is 2.26 bits per heavy atom. The molecule has 0 bridgehead atoms. The van der Waals surface area contributed by atoms with Gasteiger partial charge in [0.15, 0.2) is 0 Å². The molecule has 108 valence electrons. The zero-order valence-corrected chi connectivity index (χ0v) is 13.2. The molecule has 3 nitrogen and oxygen atoms in total. The largest absolute Gasteiger partial charge is 0.368 e. The predicted molar refractivity (Wildman–Crippen MR) is 83.8 cm³/mol. The van der Waals surface area contributed by atoms with Gasteiger partial charge in [0, 0.05) is 38.9 Å². The second-order valence-electron chi connectivity index (χ2n) is 5.40. The van der Waals surface area contributed by atoms with Crippen molar-refractivity contribution in [1.82, 2.24) is 9.88 Å². The van der Waals surface area contributed by atoms with Crippen molar-refractivity contribution in [3.8, 4) is 0 Å². The quantitative estimate of drug-likeness (QED) is 0.835. The lowest BCUT2D eigenvalue weighted by molar-refractivity contribution is 0.231. The highest BCUT2D eigenvalue weighted by Crippen LogP contribution is 2.16. The van der Waals surface area contributed by atoms with Gasteiger partial charge in [-0.3, -0.25) is 9.88 Å². The molecule has 2 rings (SSSR count). The number of pyridine rings is 1. The molecular weight excluding hydrogens is 234 g/mol. The van der Waals surface area contributed by atoms with Gasteiger partial charge in [-0.25, -0.2) is 0 Å². The van der Waals surface area contributed by atoms with Gasteiger partial charge in [-0.15, -0.1) is 0 Å². The Morgan fingerprint density at radius 2 is 1.74 bits per heavy atom. The second-order valence-corrected chi connectivity index (χ2v) is 5.40. The highest BCUT2D eigenvalue weighted by Gasteiger charge is 2.17. The number of rotatable bonds is 3. The number of hydrogen-bond acceptors (Lipinski definition) is 3. The monoisotopic (exact) mass is 263 g/mol. The van der Waals surface area contributed by atoms with Crippen molar-refractivity contribution in [2.24, 2.45) is 5.92 Å². The first-order chi connectivity index (χ1) is 9.15. The van der Waals surface area contributed by atoms with Gasteiger partial charge in [0.2, 0.25) is 0 Å². The standard InChI is InChI=1S/C14H23N3.C2H6/c1-12(2)11-16-4-6-17(7-5-16)14-8-13(3)9-15-10-14;1-2/h8-10,12H,4-7,11H2,1-3H3;1-2H3. The Hall–Kier alpha value is -1.09. The van der Waals surface area contributed by atoms with E-state index in [2.05, 4.69) is 41.6 Å². The van der Waals surface area contributed by atoms with E-state index in [9.17, 15) is 0 Å². The molecule has 19 heavy (non-hydrogen) atoms. The van der Waals surface area contributed by atoms with E-state index in [-0.39, 0.29) is 0 Å². The van der Waals surface area contributed by atoms with Crippen LogP contribution in [0.5, 0.6) is 0 Å². The van der Waals surface area contributed by atoms with Crippen molar-refractivity contribution >= 4 is 5.69 Å². The zero-order valence-electron chi connectivity index (χ0n) is 13.2. The van der Waals surface area contributed by atoms with E-state index in [4.69, 9.17) is 0 Å². The van der Waals surface area contributed by atoms with Crippen LogP contribution in [0.25, 0.3) is 0 Å². The minimum absolute atomic E-state index is 0.766. The molecule has 1 aromatic heterocycles. The highest BCUT2D eigenvalue weighted by atomic mass is 15.3. The van der Waals surface area contributed by atoms with Gasteiger partial charge in [-0.1, -0.05) is 27.7 Å². The molecule has 0 amide bonds. The highest BCUT2D eigenvalue weighted by molar-refractivity contribution is 5.46. The zero-order chi connectivity index (χ0) is 14.3. The van der Waals surface area contributed by atoms with Crippen LogP contribution in [0, 0.1) is 12.8 Å². The van der Waals surface area contributed by atoms with Crippen LogP contribution in [0.3, 0.4) is 0 Å². The molecule has 3 heteroatoms. The molecule has 0 radical (unpaired) electrons. The van der Waals surface area contributed by atoms with Crippen molar-refractivity contribution in [3.05, 3.63) is 24.0 Å². The van der Waals surface area contributed by atoms with Crippen LogP contribution < -0.4 is 4.90 Å². The second kappa shape index (κ2) is 8.16. The van der Waals surface area contributed by atoms with Crippen molar-refractivity contribution < 1.29 is 0 Å². The summed E-state index contributed by atoms with van der Waals surface area (Å²) in [6.45, 7) is 16.5. The van der Waals surface area contributed by atoms with Gasteiger partial charge in [-0.05, 0) is 24.5 Å². The molecule has 0 saturated carbocycles. The third kappa shape index (κ3) is 5.19. The summed E-state index contributed by atoms with van der Waals surface area (Å²) >= 11 is 0. The van der Waals surface area contributed by atoms with E-state index in [1.54, 1.807) is 0 Å². The van der Waals surface area contributed by atoms with Gasteiger partial charge >= 0.3 is 0 Å². The molecule has 0 spiro atoms. The van der Waals surface area contributed by atoms with Crippen LogP contribution in [-0.2, 0) is 0 Å². The first kappa shape index (κ1) is 16.0. The van der Waals surface area contributed by atoms with Crippen molar-refractivity contribution in [3.63, 3.8) is 0 Å². The minimum atomic E-state index is 0.766. The molecular formula is C16H29N3. The van der Waals surface area contributed by atoms with Gasteiger partial charge in [0.1, 0.15) is 0 Å². The summed E-state index contributed by atoms with van der Waals surface area (Å²) in [6, 6.07) is 2.23. The molecule has 2 heterocycles. The average molecular weight is 263 g/mol. The maximum Gasteiger partial charge on any atom is 0.0556 e. The SMILES string of the molecule is CC.Cc1cncc(N2CCN(CC(C)C)CC2)c1.